The van der Waals surface area contributed by atoms with Gasteiger partial charge in [-0.3, -0.25) is 4.79 Å². The van der Waals surface area contributed by atoms with E-state index in [4.69, 9.17) is 0 Å². The summed E-state index contributed by atoms with van der Waals surface area (Å²) in [4.78, 5) is 11.7. The van der Waals surface area contributed by atoms with Crippen molar-refractivity contribution in [2.75, 3.05) is 0 Å². The van der Waals surface area contributed by atoms with Crippen LogP contribution >= 0.6 is 0 Å². The zero-order chi connectivity index (χ0) is 13.8. The Morgan fingerprint density at radius 1 is 0.895 bits per heavy atom. The predicted molar refractivity (Wildman–Crippen MR) is 80.2 cm³/mol. The van der Waals surface area contributed by atoms with Crippen molar-refractivity contribution < 1.29 is 4.79 Å². The van der Waals surface area contributed by atoms with Crippen LogP contribution in [0.1, 0.15) is 25.0 Å². The van der Waals surface area contributed by atoms with E-state index in [9.17, 15) is 4.79 Å². The molecule has 0 bridgehead atoms. The lowest BCUT2D eigenvalue weighted by Crippen LogP contribution is -2.09. The fourth-order valence-corrected chi connectivity index (χ4v) is 1.97. The lowest BCUT2D eigenvalue weighted by Gasteiger charge is -2.06. The number of ketones is 1. The predicted octanol–water partition coefficient (Wildman–Crippen LogP) is 4.43. The minimum absolute atomic E-state index is 0.108. The number of benzene rings is 2. The largest absolute Gasteiger partial charge is 0.299 e. The molecule has 2 rings (SSSR count). The van der Waals surface area contributed by atoms with Crippen molar-refractivity contribution in [2.24, 2.45) is 5.92 Å². The van der Waals surface area contributed by atoms with Crippen molar-refractivity contribution in [2.45, 2.75) is 27.2 Å². The first kappa shape index (κ1) is 13.5. The third-order valence-corrected chi connectivity index (χ3v) is 3.36. The molecule has 2 aromatic rings. The van der Waals surface area contributed by atoms with Crippen LogP contribution in [0.25, 0.3) is 11.1 Å². The van der Waals surface area contributed by atoms with Crippen LogP contribution in [-0.4, -0.2) is 5.78 Å². The van der Waals surface area contributed by atoms with E-state index < -0.39 is 0 Å². The molecule has 0 spiro atoms. The molecular weight excluding hydrogens is 232 g/mol. The number of aryl methyl sites for hydroxylation is 1. The van der Waals surface area contributed by atoms with Gasteiger partial charge < -0.3 is 0 Å². The molecule has 0 unspecified atom stereocenters. The Hall–Kier alpha value is -1.89. The van der Waals surface area contributed by atoms with Gasteiger partial charge in [0.25, 0.3) is 0 Å². The van der Waals surface area contributed by atoms with Gasteiger partial charge in [0.2, 0.25) is 0 Å². The Balaban J connectivity index is 2.14. The highest BCUT2D eigenvalue weighted by Gasteiger charge is 2.08. The number of Topliss-reactive ketones (excluding diaryl/α,β-unsaturated/α-hetero) is 1. The Morgan fingerprint density at radius 2 is 1.37 bits per heavy atom. The normalized spacial score (nSPS) is 10.7. The molecule has 0 N–H and O–H groups in total. The second-order valence-corrected chi connectivity index (χ2v) is 5.36. The fourth-order valence-electron chi connectivity index (χ4n) is 1.97. The maximum atomic E-state index is 11.7. The molecule has 0 amide bonds. The second-order valence-electron chi connectivity index (χ2n) is 5.36. The summed E-state index contributed by atoms with van der Waals surface area (Å²) in [6.45, 7) is 5.98. The van der Waals surface area contributed by atoms with Crippen molar-refractivity contribution in [1.29, 1.82) is 0 Å². The van der Waals surface area contributed by atoms with E-state index in [0.717, 1.165) is 5.56 Å². The number of carbonyl (C=O) groups is 1. The second kappa shape index (κ2) is 5.83. The summed E-state index contributed by atoms with van der Waals surface area (Å²) in [6.07, 6.45) is 0.534. The summed E-state index contributed by atoms with van der Waals surface area (Å²) in [6, 6.07) is 16.8. The highest BCUT2D eigenvalue weighted by Crippen LogP contribution is 2.20. The topological polar surface area (TPSA) is 17.1 Å². The van der Waals surface area contributed by atoms with Gasteiger partial charge in [0.05, 0.1) is 0 Å². The molecule has 0 saturated heterocycles. The minimum atomic E-state index is 0.108. The average Bonchev–Trinajstić information content (AvgIpc) is 2.40. The molecule has 0 heterocycles. The van der Waals surface area contributed by atoms with Crippen LogP contribution in [0.2, 0.25) is 0 Å². The quantitative estimate of drug-likeness (QED) is 0.786. The van der Waals surface area contributed by atoms with Crippen LogP contribution in [0.3, 0.4) is 0 Å². The number of rotatable bonds is 4. The van der Waals surface area contributed by atoms with Gasteiger partial charge in [0.1, 0.15) is 5.78 Å². The summed E-state index contributed by atoms with van der Waals surface area (Å²) in [5, 5.41) is 0. The van der Waals surface area contributed by atoms with Crippen LogP contribution in [-0.2, 0) is 11.2 Å². The molecule has 19 heavy (non-hydrogen) atoms. The summed E-state index contributed by atoms with van der Waals surface area (Å²) in [5.41, 5.74) is 4.77. The molecule has 0 aliphatic heterocycles. The van der Waals surface area contributed by atoms with Gasteiger partial charge in [-0.2, -0.15) is 0 Å². The lowest BCUT2D eigenvalue weighted by atomic mass is 9.98. The van der Waals surface area contributed by atoms with Crippen LogP contribution in [0.5, 0.6) is 0 Å². The molecule has 0 aromatic heterocycles. The van der Waals surface area contributed by atoms with Gasteiger partial charge in [-0.15, -0.1) is 0 Å². The SMILES string of the molecule is Cc1ccc(-c2ccc(CC(=O)C(C)C)cc2)cc1. The highest BCUT2D eigenvalue weighted by atomic mass is 16.1. The Labute approximate surface area is 115 Å². The molecule has 1 heteroatoms. The number of hydrogen-bond donors (Lipinski definition) is 0. The Morgan fingerprint density at radius 3 is 1.84 bits per heavy atom. The third-order valence-electron chi connectivity index (χ3n) is 3.36. The van der Waals surface area contributed by atoms with Gasteiger partial charge >= 0.3 is 0 Å². The first-order chi connectivity index (χ1) is 9.06. The van der Waals surface area contributed by atoms with E-state index in [1.807, 2.05) is 13.8 Å². The Bertz CT molecular complexity index is 547. The molecular formula is C18H20O. The van der Waals surface area contributed by atoms with E-state index in [1.165, 1.54) is 16.7 Å². The van der Waals surface area contributed by atoms with Crippen LogP contribution < -0.4 is 0 Å². The maximum absolute atomic E-state index is 11.7. The van der Waals surface area contributed by atoms with E-state index in [2.05, 4.69) is 55.5 Å². The molecule has 0 aliphatic rings. The van der Waals surface area contributed by atoms with E-state index in [1.54, 1.807) is 0 Å². The van der Waals surface area contributed by atoms with Gasteiger partial charge in [-0.05, 0) is 23.6 Å². The number of hydrogen-bond acceptors (Lipinski definition) is 1. The van der Waals surface area contributed by atoms with Gasteiger partial charge in [0, 0.05) is 12.3 Å². The van der Waals surface area contributed by atoms with E-state index in [0.29, 0.717) is 12.2 Å². The lowest BCUT2D eigenvalue weighted by molar-refractivity contribution is -0.121. The fraction of sp³-hybridized carbons (Fsp3) is 0.278. The summed E-state index contributed by atoms with van der Waals surface area (Å²) in [7, 11) is 0. The van der Waals surface area contributed by atoms with Crippen molar-refractivity contribution in [3.8, 4) is 11.1 Å². The van der Waals surface area contributed by atoms with Crippen molar-refractivity contribution in [3.05, 3.63) is 59.7 Å². The van der Waals surface area contributed by atoms with Gasteiger partial charge in [0.15, 0.2) is 0 Å². The van der Waals surface area contributed by atoms with Crippen molar-refractivity contribution in [1.82, 2.24) is 0 Å². The zero-order valence-corrected chi connectivity index (χ0v) is 11.8. The summed E-state index contributed by atoms with van der Waals surface area (Å²) >= 11 is 0. The molecule has 0 radical (unpaired) electrons. The standard InChI is InChI=1S/C18H20O/c1-13(2)18(19)12-15-6-10-17(11-7-15)16-8-4-14(3)5-9-16/h4-11,13H,12H2,1-3H3. The first-order valence-corrected chi connectivity index (χ1v) is 6.75. The summed E-state index contributed by atoms with van der Waals surface area (Å²) < 4.78 is 0. The Kier molecular flexibility index (Phi) is 4.16. The molecule has 2 aromatic carbocycles. The average molecular weight is 252 g/mol. The zero-order valence-electron chi connectivity index (χ0n) is 11.8. The molecule has 0 saturated carbocycles. The molecule has 0 fully saturated rings. The molecule has 1 nitrogen and oxygen atoms in total. The van der Waals surface area contributed by atoms with E-state index >= 15 is 0 Å². The monoisotopic (exact) mass is 252 g/mol. The van der Waals surface area contributed by atoms with Crippen molar-refractivity contribution in [3.63, 3.8) is 0 Å². The van der Waals surface area contributed by atoms with Crippen molar-refractivity contribution >= 4 is 5.78 Å². The summed E-state index contributed by atoms with van der Waals surface area (Å²) in [5.74, 6) is 0.403. The van der Waals surface area contributed by atoms with Crippen LogP contribution in [0.15, 0.2) is 48.5 Å². The maximum Gasteiger partial charge on any atom is 0.139 e. The van der Waals surface area contributed by atoms with Gasteiger partial charge in [-0.25, -0.2) is 0 Å². The molecule has 98 valence electrons. The van der Waals surface area contributed by atoms with E-state index in [-0.39, 0.29) is 5.92 Å². The molecule has 0 atom stereocenters. The molecule has 0 aliphatic carbocycles. The highest BCUT2D eigenvalue weighted by molar-refractivity contribution is 5.82. The number of carbonyl (C=O) groups excluding carboxylic acids is 1. The van der Waals surface area contributed by atoms with Crippen LogP contribution in [0.4, 0.5) is 0 Å². The third kappa shape index (κ3) is 3.54. The van der Waals surface area contributed by atoms with Gasteiger partial charge in [-0.1, -0.05) is 67.9 Å². The first-order valence-electron chi connectivity index (χ1n) is 6.75. The smallest absolute Gasteiger partial charge is 0.139 e. The minimum Gasteiger partial charge on any atom is -0.299 e. The van der Waals surface area contributed by atoms with Crippen LogP contribution in [0, 0.1) is 12.8 Å².